The molecule has 9 nitrogen and oxygen atoms in total. The Morgan fingerprint density at radius 1 is 1.24 bits per heavy atom. The van der Waals surface area contributed by atoms with Crippen molar-refractivity contribution in [2.24, 2.45) is 0 Å². The number of nitrogens with one attached hydrogen (secondary N) is 1. The maximum atomic E-state index is 12.4. The highest BCUT2D eigenvalue weighted by Crippen LogP contribution is 2.41. The van der Waals surface area contributed by atoms with Crippen LogP contribution < -0.4 is 0 Å². The normalized spacial score (nSPS) is 11.3. The van der Waals surface area contributed by atoms with Gasteiger partial charge in [0.05, 0.1) is 11.1 Å². The Balaban J connectivity index is 1.56. The van der Waals surface area contributed by atoms with Gasteiger partial charge < -0.3 is 13.7 Å². The van der Waals surface area contributed by atoms with Crippen molar-refractivity contribution in [3.8, 4) is 22.7 Å². The van der Waals surface area contributed by atoms with E-state index in [4.69, 9.17) is 20.8 Å². The van der Waals surface area contributed by atoms with Gasteiger partial charge in [0.25, 0.3) is 0 Å². The Morgan fingerprint density at radius 3 is 2.76 bits per heavy atom. The van der Waals surface area contributed by atoms with E-state index in [2.05, 4.69) is 41.5 Å². The van der Waals surface area contributed by atoms with Gasteiger partial charge in [-0.2, -0.15) is 0 Å². The van der Waals surface area contributed by atoms with Crippen molar-refractivity contribution in [1.29, 1.82) is 0 Å². The molecule has 3 aromatic heterocycles. The third kappa shape index (κ3) is 3.88. The molecule has 5 aromatic rings. The van der Waals surface area contributed by atoms with Crippen LogP contribution in [0.2, 0.25) is 5.15 Å². The molecule has 0 fully saturated rings. The molecule has 0 saturated carbocycles. The number of esters is 1. The predicted molar refractivity (Wildman–Crippen MR) is 130 cm³/mol. The fraction of sp³-hybridized carbons (Fsp3) is 0.174. The summed E-state index contributed by atoms with van der Waals surface area (Å²) in [4.78, 5) is 16.7. The van der Waals surface area contributed by atoms with Crippen molar-refractivity contribution in [1.82, 2.24) is 30.2 Å². The van der Waals surface area contributed by atoms with Crippen LogP contribution in [0.4, 0.5) is 0 Å². The SMILES string of the molecule is CCOC(=O)c1c(Cl)nc(C)n1Cc1ccc2oc(-c3ccccc3-c3nnn[nH]3)c(Br)c2c1. The number of tetrazole rings is 1. The maximum absolute atomic E-state index is 12.4. The van der Waals surface area contributed by atoms with Gasteiger partial charge >= 0.3 is 5.97 Å². The number of fused-ring (bicyclic) bond motifs is 1. The fourth-order valence-corrected chi connectivity index (χ4v) is 4.75. The third-order valence-corrected chi connectivity index (χ3v) is 6.44. The highest BCUT2D eigenvalue weighted by atomic mass is 79.9. The quantitative estimate of drug-likeness (QED) is 0.285. The average molecular weight is 542 g/mol. The van der Waals surface area contributed by atoms with Gasteiger partial charge in [0.2, 0.25) is 0 Å². The lowest BCUT2D eigenvalue weighted by Crippen LogP contribution is -2.14. The Hall–Kier alpha value is -3.50. The van der Waals surface area contributed by atoms with E-state index < -0.39 is 5.97 Å². The van der Waals surface area contributed by atoms with Gasteiger partial charge in [0, 0.05) is 23.1 Å². The number of imidazole rings is 1. The Labute approximate surface area is 207 Å². The smallest absolute Gasteiger partial charge is 0.358 e. The number of carbonyl (C=O) groups is 1. The zero-order valence-corrected chi connectivity index (χ0v) is 20.5. The number of aryl methyl sites for hydroxylation is 1. The highest BCUT2D eigenvalue weighted by molar-refractivity contribution is 9.10. The monoisotopic (exact) mass is 540 g/mol. The fourth-order valence-electron chi connectivity index (χ4n) is 3.85. The molecule has 0 aliphatic heterocycles. The van der Waals surface area contributed by atoms with E-state index in [1.54, 1.807) is 18.4 Å². The molecule has 11 heteroatoms. The lowest BCUT2D eigenvalue weighted by Gasteiger charge is -2.10. The second-order valence-corrected chi connectivity index (χ2v) is 8.63. The van der Waals surface area contributed by atoms with Crippen LogP contribution in [0.3, 0.4) is 0 Å². The van der Waals surface area contributed by atoms with Crippen LogP contribution in [0.1, 0.15) is 28.8 Å². The minimum absolute atomic E-state index is 0.127. The standard InChI is InChI=1S/C23H18BrClN6O3/c1-3-33-23(32)19-21(25)26-12(2)31(19)11-13-8-9-17-16(10-13)18(24)20(34-17)14-6-4-5-7-15(14)22-27-29-30-28-22/h4-10H,3,11H2,1-2H3,(H,27,28,29,30). The third-order valence-electron chi connectivity index (χ3n) is 5.39. The average Bonchev–Trinajstić information content (AvgIpc) is 3.53. The minimum atomic E-state index is -0.500. The van der Waals surface area contributed by atoms with Crippen LogP contribution in [0.15, 0.2) is 51.4 Å². The van der Waals surface area contributed by atoms with Crippen LogP contribution in [0, 0.1) is 6.92 Å². The number of aromatic nitrogens is 6. The van der Waals surface area contributed by atoms with Gasteiger partial charge in [0.15, 0.2) is 16.7 Å². The zero-order valence-electron chi connectivity index (χ0n) is 18.2. The Kier molecular flexibility index (Phi) is 5.93. The summed E-state index contributed by atoms with van der Waals surface area (Å²) in [7, 11) is 0. The number of ether oxygens (including phenoxy) is 1. The number of hydrogen-bond donors (Lipinski definition) is 1. The number of hydrogen-bond acceptors (Lipinski definition) is 7. The van der Waals surface area contributed by atoms with Gasteiger partial charge in [-0.05, 0) is 57.9 Å². The molecule has 0 aliphatic carbocycles. The summed E-state index contributed by atoms with van der Waals surface area (Å²) in [5, 5.41) is 15.2. The van der Waals surface area contributed by atoms with Crippen molar-refractivity contribution in [2.45, 2.75) is 20.4 Å². The van der Waals surface area contributed by atoms with Gasteiger partial charge in [-0.1, -0.05) is 41.9 Å². The van der Waals surface area contributed by atoms with E-state index >= 15 is 0 Å². The van der Waals surface area contributed by atoms with Crippen LogP contribution >= 0.6 is 27.5 Å². The number of nitrogens with zero attached hydrogens (tertiary/aromatic N) is 5. The molecule has 3 heterocycles. The number of furan rings is 1. The van der Waals surface area contributed by atoms with Gasteiger partial charge in [-0.15, -0.1) is 5.10 Å². The van der Waals surface area contributed by atoms with Crippen molar-refractivity contribution < 1.29 is 13.9 Å². The molecule has 0 bridgehead atoms. The largest absolute Gasteiger partial charge is 0.461 e. The first-order valence-electron chi connectivity index (χ1n) is 10.4. The van der Waals surface area contributed by atoms with Gasteiger partial charge in [0.1, 0.15) is 17.2 Å². The highest BCUT2D eigenvalue weighted by Gasteiger charge is 2.23. The molecule has 172 valence electrons. The second kappa shape index (κ2) is 9.03. The summed E-state index contributed by atoms with van der Waals surface area (Å²) in [5.41, 5.74) is 3.54. The van der Waals surface area contributed by atoms with Crippen LogP contribution in [0.25, 0.3) is 33.7 Å². The molecule has 0 atom stereocenters. The number of halogens is 2. The van der Waals surface area contributed by atoms with E-state index in [0.29, 0.717) is 29.5 Å². The number of carbonyl (C=O) groups excluding carboxylic acids is 1. The molecule has 0 radical (unpaired) electrons. The summed E-state index contributed by atoms with van der Waals surface area (Å²) in [5.74, 6) is 1.32. The molecule has 5 rings (SSSR count). The lowest BCUT2D eigenvalue weighted by atomic mass is 10.0. The van der Waals surface area contributed by atoms with E-state index in [1.807, 2.05) is 42.5 Å². The number of aromatic amines is 1. The minimum Gasteiger partial charge on any atom is -0.461 e. The predicted octanol–water partition coefficient (Wildman–Crippen LogP) is 5.43. The molecular weight excluding hydrogens is 524 g/mol. The molecule has 0 saturated heterocycles. The summed E-state index contributed by atoms with van der Waals surface area (Å²) < 4.78 is 13.9. The van der Waals surface area contributed by atoms with E-state index in [-0.39, 0.29) is 17.5 Å². The van der Waals surface area contributed by atoms with Crippen molar-refractivity contribution in [3.05, 3.63) is 69.2 Å². The first-order valence-corrected chi connectivity index (χ1v) is 11.6. The topological polar surface area (TPSA) is 112 Å². The zero-order chi connectivity index (χ0) is 23.8. The number of rotatable bonds is 6. The van der Waals surface area contributed by atoms with E-state index in [9.17, 15) is 4.79 Å². The summed E-state index contributed by atoms with van der Waals surface area (Å²) in [6, 6.07) is 13.6. The van der Waals surface area contributed by atoms with E-state index in [0.717, 1.165) is 26.5 Å². The summed E-state index contributed by atoms with van der Waals surface area (Å²) in [6.45, 7) is 4.19. The molecule has 2 aromatic carbocycles. The van der Waals surface area contributed by atoms with Crippen LogP contribution in [0.5, 0.6) is 0 Å². The molecule has 0 aliphatic rings. The Morgan fingerprint density at radius 2 is 2.03 bits per heavy atom. The van der Waals surface area contributed by atoms with Gasteiger partial charge in [-0.25, -0.2) is 14.9 Å². The first-order chi connectivity index (χ1) is 16.5. The van der Waals surface area contributed by atoms with E-state index in [1.165, 1.54) is 0 Å². The maximum Gasteiger partial charge on any atom is 0.358 e. The molecular formula is C23H18BrClN6O3. The van der Waals surface area contributed by atoms with Crippen LogP contribution in [-0.4, -0.2) is 42.8 Å². The first kappa shape index (κ1) is 22.3. The molecule has 0 spiro atoms. The lowest BCUT2D eigenvalue weighted by molar-refractivity contribution is 0.0514. The number of H-pyrrole nitrogens is 1. The Bertz CT molecular complexity index is 1510. The van der Waals surface area contributed by atoms with Crippen molar-refractivity contribution in [2.75, 3.05) is 6.61 Å². The molecule has 0 amide bonds. The molecule has 0 unspecified atom stereocenters. The van der Waals surface area contributed by atoms with Crippen molar-refractivity contribution in [3.63, 3.8) is 0 Å². The van der Waals surface area contributed by atoms with Gasteiger partial charge in [-0.3, -0.25) is 0 Å². The molecule has 1 N–H and O–H groups in total. The summed E-state index contributed by atoms with van der Waals surface area (Å²) >= 11 is 9.94. The number of benzene rings is 2. The van der Waals surface area contributed by atoms with Crippen LogP contribution in [-0.2, 0) is 11.3 Å². The second-order valence-electron chi connectivity index (χ2n) is 7.48. The summed E-state index contributed by atoms with van der Waals surface area (Å²) in [6.07, 6.45) is 0. The molecule has 34 heavy (non-hydrogen) atoms. The van der Waals surface area contributed by atoms with Crippen molar-refractivity contribution >= 4 is 44.5 Å².